The van der Waals surface area contributed by atoms with Crippen LogP contribution in [0.4, 0.5) is 0 Å². The normalized spacial score (nSPS) is 16.0. The number of rotatable bonds is 1. The second kappa shape index (κ2) is 4.84. The standard InChI is InChI=1S/C19H17NO4/c1-19(2)9-15(21)12-6-5-11-13-8-10(18(22)23-3)4-7-14(13)20-16(11)17(12)24-19/h4-8,20H,9H2,1-3H3. The minimum absolute atomic E-state index is 0.0806. The molecule has 0 fully saturated rings. The molecule has 0 saturated carbocycles. The maximum atomic E-state index is 12.4. The van der Waals surface area contributed by atoms with E-state index < -0.39 is 5.60 Å². The van der Waals surface area contributed by atoms with Crippen LogP contribution < -0.4 is 4.74 Å². The number of aromatic nitrogens is 1. The molecule has 0 saturated heterocycles. The van der Waals surface area contributed by atoms with Gasteiger partial charge < -0.3 is 14.5 Å². The number of carbonyl (C=O) groups is 2. The average molecular weight is 323 g/mol. The third-order valence-electron chi connectivity index (χ3n) is 4.41. The number of methoxy groups -OCH3 is 1. The van der Waals surface area contributed by atoms with E-state index in [9.17, 15) is 9.59 Å². The van der Waals surface area contributed by atoms with Crippen LogP contribution in [0.25, 0.3) is 21.8 Å². The van der Waals surface area contributed by atoms with E-state index >= 15 is 0 Å². The van der Waals surface area contributed by atoms with Crippen molar-refractivity contribution in [2.45, 2.75) is 25.9 Å². The van der Waals surface area contributed by atoms with E-state index in [-0.39, 0.29) is 11.8 Å². The molecule has 0 aliphatic carbocycles. The van der Waals surface area contributed by atoms with Crippen LogP contribution in [0.2, 0.25) is 0 Å². The molecule has 1 aromatic heterocycles. The molecule has 122 valence electrons. The number of esters is 1. The lowest BCUT2D eigenvalue weighted by Crippen LogP contribution is -2.35. The van der Waals surface area contributed by atoms with Crippen molar-refractivity contribution >= 4 is 33.6 Å². The topological polar surface area (TPSA) is 68.4 Å². The van der Waals surface area contributed by atoms with Gasteiger partial charge in [0.05, 0.1) is 30.2 Å². The molecule has 0 spiro atoms. The third-order valence-corrected chi connectivity index (χ3v) is 4.41. The summed E-state index contributed by atoms with van der Waals surface area (Å²) >= 11 is 0. The number of nitrogens with one attached hydrogen (secondary N) is 1. The third kappa shape index (κ3) is 2.08. The molecule has 24 heavy (non-hydrogen) atoms. The van der Waals surface area contributed by atoms with E-state index in [0.29, 0.717) is 23.3 Å². The molecule has 0 unspecified atom stereocenters. The predicted molar refractivity (Wildman–Crippen MR) is 90.8 cm³/mol. The molecule has 0 radical (unpaired) electrons. The smallest absolute Gasteiger partial charge is 0.337 e. The first-order valence-corrected chi connectivity index (χ1v) is 7.78. The second-order valence-electron chi connectivity index (χ2n) is 6.70. The lowest BCUT2D eigenvalue weighted by atomic mass is 9.92. The fourth-order valence-corrected chi connectivity index (χ4v) is 3.31. The molecular weight excluding hydrogens is 306 g/mol. The van der Waals surface area contributed by atoms with Crippen molar-refractivity contribution in [1.82, 2.24) is 4.98 Å². The Morgan fingerprint density at radius 2 is 2.00 bits per heavy atom. The van der Waals surface area contributed by atoms with Crippen LogP contribution in [0.1, 0.15) is 41.0 Å². The van der Waals surface area contributed by atoms with Gasteiger partial charge in [-0.1, -0.05) is 6.07 Å². The molecule has 5 nitrogen and oxygen atoms in total. The Morgan fingerprint density at radius 3 is 2.75 bits per heavy atom. The highest BCUT2D eigenvalue weighted by Gasteiger charge is 2.34. The Bertz CT molecular complexity index is 1010. The number of carbonyl (C=O) groups excluding carboxylic acids is 2. The molecule has 2 aromatic carbocycles. The van der Waals surface area contributed by atoms with E-state index in [1.54, 1.807) is 18.2 Å². The maximum Gasteiger partial charge on any atom is 0.337 e. The molecule has 3 aromatic rings. The predicted octanol–water partition coefficient (Wildman–Crippen LogP) is 3.85. The van der Waals surface area contributed by atoms with E-state index in [4.69, 9.17) is 9.47 Å². The largest absolute Gasteiger partial charge is 0.484 e. The minimum Gasteiger partial charge on any atom is -0.484 e. The summed E-state index contributed by atoms with van der Waals surface area (Å²) in [6.45, 7) is 3.81. The number of Topliss-reactive ketones (excluding diaryl/α,β-unsaturated/α-hetero) is 1. The fourth-order valence-electron chi connectivity index (χ4n) is 3.31. The number of ketones is 1. The van der Waals surface area contributed by atoms with Crippen LogP contribution in [0.3, 0.4) is 0 Å². The Hall–Kier alpha value is -2.82. The van der Waals surface area contributed by atoms with Crippen molar-refractivity contribution in [2.24, 2.45) is 0 Å². The summed E-state index contributed by atoms with van der Waals surface area (Å²) in [6.07, 6.45) is 0.359. The zero-order valence-electron chi connectivity index (χ0n) is 13.7. The minimum atomic E-state index is -0.535. The molecular formula is C19H17NO4. The van der Waals surface area contributed by atoms with Crippen molar-refractivity contribution in [3.05, 3.63) is 41.5 Å². The molecule has 1 N–H and O–H groups in total. The number of aromatic amines is 1. The van der Waals surface area contributed by atoms with Crippen LogP contribution in [-0.4, -0.2) is 29.4 Å². The van der Waals surface area contributed by atoms with E-state index in [1.807, 2.05) is 26.0 Å². The van der Waals surface area contributed by atoms with E-state index in [2.05, 4.69) is 4.98 Å². The molecule has 5 heteroatoms. The Balaban J connectivity index is 2.01. The summed E-state index contributed by atoms with van der Waals surface area (Å²) in [5.74, 6) is 0.290. The summed E-state index contributed by atoms with van der Waals surface area (Å²) in [4.78, 5) is 27.5. The Morgan fingerprint density at radius 1 is 1.21 bits per heavy atom. The van der Waals surface area contributed by atoms with Gasteiger partial charge in [-0.15, -0.1) is 0 Å². The van der Waals surface area contributed by atoms with Gasteiger partial charge in [-0.05, 0) is 38.1 Å². The van der Waals surface area contributed by atoms with Gasteiger partial charge in [-0.3, -0.25) is 4.79 Å². The van der Waals surface area contributed by atoms with Crippen LogP contribution in [0.5, 0.6) is 5.75 Å². The number of H-pyrrole nitrogens is 1. The molecule has 1 aliphatic heterocycles. The van der Waals surface area contributed by atoms with Gasteiger partial charge in [0, 0.05) is 16.3 Å². The zero-order chi connectivity index (χ0) is 17.1. The van der Waals surface area contributed by atoms with Gasteiger partial charge in [0.25, 0.3) is 0 Å². The van der Waals surface area contributed by atoms with Crippen molar-refractivity contribution in [2.75, 3.05) is 7.11 Å². The van der Waals surface area contributed by atoms with Crippen LogP contribution in [0, 0.1) is 0 Å². The SMILES string of the molecule is COC(=O)c1ccc2[nH]c3c4c(ccc3c2c1)C(=O)CC(C)(C)O4. The zero-order valence-corrected chi connectivity index (χ0v) is 13.7. The van der Waals surface area contributed by atoms with Gasteiger partial charge >= 0.3 is 5.97 Å². The summed E-state index contributed by atoms with van der Waals surface area (Å²) in [5.41, 5.74) is 2.21. The first-order valence-electron chi connectivity index (χ1n) is 7.78. The van der Waals surface area contributed by atoms with Crippen molar-refractivity contribution in [3.8, 4) is 5.75 Å². The number of fused-ring (bicyclic) bond motifs is 5. The van der Waals surface area contributed by atoms with E-state index in [1.165, 1.54) is 7.11 Å². The van der Waals surface area contributed by atoms with Crippen LogP contribution in [-0.2, 0) is 4.74 Å². The van der Waals surface area contributed by atoms with Gasteiger partial charge in [-0.25, -0.2) is 4.79 Å². The number of ether oxygens (including phenoxy) is 2. The molecule has 0 atom stereocenters. The van der Waals surface area contributed by atoms with Crippen LogP contribution in [0.15, 0.2) is 30.3 Å². The molecule has 0 bridgehead atoms. The number of hydrogen-bond acceptors (Lipinski definition) is 4. The van der Waals surface area contributed by atoms with Gasteiger partial charge in [0.2, 0.25) is 0 Å². The average Bonchev–Trinajstić information content (AvgIpc) is 2.91. The summed E-state index contributed by atoms with van der Waals surface area (Å²) in [6, 6.07) is 9.04. The number of hydrogen-bond donors (Lipinski definition) is 1. The maximum absolute atomic E-state index is 12.4. The fraction of sp³-hybridized carbons (Fsp3) is 0.263. The van der Waals surface area contributed by atoms with Crippen LogP contribution >= 0.6 is 0 Å². The summed E-state index contributed by atoms with van der Waals surface area (Å²) in [5, 5.41) is 1.81. The van der Waals surface area contributed by atoms with Crippen molar-refractivity contribution in [3.63, 3.8) is 0 Å². The van der Waals surface area contributed by atoms with E-state index in [0.717, 1.165) is 21.8 Å². The summed E-state index contributed by atoms with van der Waals surface area (Å²) < 4.78 is 10.9. The Kier molecular flexibility index (Phi) is 2.97. The molecule has 0 amide bonds. The quantitative estimate of drug-likeness (QED) is 0.691. The highest BCUT2D eigenvalue weighted by Crippen LogP contribution is 2.40. The van der Waals surface area contributed by atoms with Crippen molar-refractivity contribution < 1.29 is 19.1 Å². The summed E-state index contributed by atoms with van der Waals surface area (Å²) in [7, 11) is 1.36. The Labute approximate surface area is 138 Å². The second-order valence-corrected chi connectivity index (χ2v) is 6.70. The van der Waals surface area contributed by atoms with Gasteiger partial charge in [0.1, 0.15) is 5.60 Å². The van der Waals surface area contributed by atoms with Gasteiger partial charge in [-0.2, -0.15) is 0 Å². The van der Waals surface area contributed by atoms with Crippen molar-refractivity contribution in [1.29, 1.82) is 0 Å². The lowest BCUT2D eigenvalue weighted by Gasteiger charge is -2.31. The highest BCUT2D eigenvalue weighted by molar-refractivity contribution is 6.14. The molecule has 1 aliphatic rings. The lowest BCUT2D eigenvalue weighted by molar-refractivity contribution is 0.0597. The molecule has 4 rings (SSSR count). The first kappa shape index (κ1) is 14.8. The first-order chi connectivity index (χ1) is 11.4. The monoisotopic (exact) mass is 323 g/mol. The highest BCUT2D eigenvalue weighted by atomic mass is 16.5. The molecule has 2 heterocycles. The number of benzene rings is 2. The van der Waals surface area contributed by atoms with Gasteiger partial charge in [0.15, 0.2) is 11.5 Å².